The summed E-state index contributed by atoms with van der Waals surface area (Å²) in [6.45, 7) is 4.53. The van der Waals surface area contributed by atoms with E-state index in [-0.39, 0.29) is 17.4 Å². The molecule has 9 heteroatoms. The highest BCUT2D eigenvalue weighted by Gasteiger charge is 2.37. The number of amides is 2. The van der Waals surface area contributed by atoms with Gasteiger partial charge in [-0.3, -0.25) is 9.62 Å². The molecule has 1 aromatic rings. The predicted molar refractivity (Wildman–Crippen MR) is 99.3 cm³/mol. The zero-order chi connectivity index (χ0) is 18.9. The number of hydrogen-bond acceptors (Lipinski definition) is 4. The monoisotopic (exact) mass is 384 g/mol. The summed E-state index contributed by atoms with van der Waals surface area (Å²) in [4.78, 5) is 16.4. The van der Waals surface area contributed by atoms with E-state index in [4.69, 9.17) is 0 Å². The first kappa shape index (κ1) is 18.9. The van der Waals surface area contributed by atoms with Crippen molar-refractivity contribution in [2.45, 2.75) is 38.3 Å². The lowest BCUT2D eigenvalue weighted by Crippen LogP contribution is -2.64. The van der Waals surface area contributed by atoms with Gasteiger partial charge in [0.25, 0.3) is 0 Å². The molecule has 7 nitrogen and oxygen atoms in total. The first-order valence-electron chi connectivity index (χ1n) is 8.82. The second-order valence-corrected chi connectivity index (χ2v) is 8.89. The summed E-state index contributed by atoms with van der Waals surface area (Å²) in [5.41, 5.74) is 0.159. The second kappa shape index (κ2) is 7.40. The number of likely N-dealkylation sites (tertiary alicyclic amines) is 2. The first-order valence-corrected chi connectivity index (χ1v) is 10.7. The number of hydrogen-bond donors (Lipinski definition) is 2. The summed E-state index contributed by atoms with van der Waals surface area (Å²) >= 11 is 0. The van der Waals surface area contributed by atoms with Gasteiger partial charge in [-0.1, -0.05) is 6.42 Å². The van der Waals surface area contributed by atoms with Gasteiger partial charge in [0.1, 0.15) is 5.82 Å². The van der Waals surface area contributed by atoms with Crippen LogP contribution in [0.5, 0.6) is 0 Å². The van der Waals surface area contributed by atoms with Gasteiger partial charge in [-0.15, -0.1) is 0 Å². The number of nitrogens with zero attached hydrogens (tertiary/aromatic N) is 2. The Morgan fingerprint density at radius 2 is 2.00 bits per heavy atom. The van der Waals surface area contributed by atoms with Crippen molar-refractivity contribution in [1.29, 1.82) is 0 Å². The molecule has 26 heavy (non-hydrogen) atoms. The van der Waals surface area contributed by atoms with E-state index in [1.807, 2.05) is 0 Å². The van der Waals surface area contributed by atoms with Crippen LogP contribution in [-0.4, -0.2) is 62.2 Å². The molecule has 3 rings (SSSR count). The minimum atomic E-state index is -3.47. The number of carbonyl (C=O) groups excluding carboxylic acids is 1. The lowest BCUT2D eigenvalue weighted by atomic mass is 9.98. The Hall–Kier alpha value is -1.87. The maximum absolute atomic E-state index is 13.9. The van der Waals surface area contributed by atoms with Crippen molar-refractivity contribution in [2.24, 2.45) is 0 Å². The van der Waals surface area contributed by atoms with Gasteiger partial charge in [-0.25, -0.2) is 17.6 Å². The van der Waals surface area contributed by atoms with E-state index >= 15 is 0 Å². The molecule has 0 aliphatic carbocycles. The van der Waals surface area contributed by atoms with Crippen LogP contribution in [0.1, 0.15) is 26.2 Å². The number of carbonyl (C=O) groups is 1. The summed E-state index contributed by atoms with van der Waals surface area (Å²) in [6.07, 6.45) is 4.65. The van der Waals surface area contributed by atoms with Crippen molar-refractivity contribution < 1.29 is 17.6 Å². The van der Waals surface area contributed by atoms with Crippen molar-refractivity contribution >= 4 is 27.4 Å². The quantitative estimate of drug-likeness (QED) is 0.835. The Kier molecular flexibility index (Phi) is 5.38. The fraction of sp³-hybridized carbons (Fsp3) is 0.588. The van der Waals surface area contributed by atoms with Gasteiger partial charge in [0.2, 0.25) is 10.0 Å². The highest BCUT2D eigenvalue weighted by Crippen LogP contribution is 2.26. The normalized spacial score (nSPS) is 22.0. The van der Waals surface area contributed by atoms with E-state index in [2.05, 4.69) is 21.9 Å². The number of halogens is 1. The van der Waals surface area contributed by atoms with Crippen LogP contribution in [-0.2, 0) is 10.0 Å². The minimum absolute atomic E-state index is 0.0431. The molecule has 0 bridgehead atoms. The first-order chi connectivity index (χ1) is 12.2. The van der Waals surface area contributed by atoms with Crippen LogP contribution in [0.25, 0.3) is 0 Å². The number of anilines is 2. The Morgan fingerprint density at radius 1 is 1.27 bits per heavy atom. The van der Waals surface area contributed by atoms with Crippen molar-refractivity contribution in [1.82, 2.24) is 9.80 Å². The zero-order valence-corrected chi connectivity index (χ0v) is 15.9. The molecule has 2 amide bonds. The van der Waals surface area contributed by atoms with Crippen LogP contribution in [0.3, 0.4) is 0 Å². The predicted octanol–water partition coefficient (Wildman–Crippen LogP) is 2.29. The number of benzene rings is 1. The fourth-order valence-electron chi connectivity index (χ4n) is 3.59. The third kappa shape index (κ3) is 4.45. The second-order valence-electron chi connectivity index (χ2n) is 7.14. The smallest absolute Gasteiger partial charge is 0.321 e. The molecule has 2 aliphatic heterocycles. The van der Waals surface area contributed by atoms with E-state index in [0.717, 1.165) is 18.9 Å². The van der Waals surface area contributed by atoms with E-state index in [1.165, 1.54) is 31.4 Å². The van der Waals surface area contributed by atoms with Gasteiger partial charge in [0.05, 0.1) is 17.6 Å². The largest absolute Gasteiger partial charge is 0.322 e. The summed E-state index contributed by atoms with van der Waals surface area (Å²) in [5.74, 6) is -0.612. The summed E-state index contributed by atoms with van der Waals surface area (Å²) in [5, 5.41) is 2.53. The van der Waals surface area contributed by atoms with Gasteiger partial charge in [0.15, 0.2) is 0 Å². The van der Waals surface area contributed by atoms with Crippen LogP contribution in [0.2, 0.25) is 0 Å². The van der Waals surface area contributed by atoms with E-state index in [0.29, 0.717) is 25.2 Å². The molecule has 0 saturated carbocycles. The van der Waals surface area contributed by atoms with E-state index in [1.54, 1.807) is 4.90 Å². The lowest BCUT2D eigenvalue weighted by molar-refractivity contribution is 0.0199. The molecule has 1 unspecified atom stereocenters. The highest BCUT2D eigenvalue weighted by molar-refractivity contribution is 7.92. The van der Waals surface area contributed by atoms with Crippen LogP contribution < -0.4 is 10.0 Å². The van der Waals surface area contributed by atoms with Crippen molar-refractivity contribution in [3.05, 3.63) is 24.0 Å². The molecule has 1 aromatic carbocycles. The van der Waals surface area contributed by atoms with Crippen LogP contribution in [0, 0.1) is 5.82 Å². The van der Waals surface area contributed by atoms with Gasteiger partial charge >= 0.3 is 6.03 Å². The molecule has 2 fully saturated rings. The molecule has 0 aromatic heterocycles. The Morgan fingerprint density at radius 3 is 2.65 bits per heavy atom. The van der Waals surface area contributed by atoms with Crippen molar-refractivity contribution in [3.63, 3.8) is 0 Å². The molecule has 2 saturated heterocycles. The molecule has 0 radical (unpaired) electrons. The van der Waals surface area contributed by atoms with Gasteiger partial charge in [-0.05, 0) is 44.5 Å². The average molecular weight is 384 g/mol. The lowest BCUT2D eigenvalue weighted by Gasteiger charge is -2.49. The van der Waals surface area contributed by atoms with E-state index < -0.39 is 15.8 Å². The minimum Gasteiger partial charge on any atom is -0.321 e. The van der Waals surface area contributed by atoms with Crippen LogP contribution >= 0.6 is 0 Å². The molecule has 2 heterocycles. The summed E-state index contributed by atoms with van der Waals surface area (Å²) in [6, 6.07) is 4.23. The number of nitrogens with one attached hydrogen (secondary N) is 2. The van der Waals surface area contributed by atoms with Crippen LogP contribution in [0.15, 0.2) is 18.2 Å². The standard InChI is InChI=1S/C17H25FN4O3S/c1-12-5-3-4-8-22(12)14-10-21(11-14)17(23)19-16-9-13(6-7-15(16)18)20-26(2,24)25/h6-7,9,12,14,20H,3-5,8,10-11H2,1-2H3,(H,19,23). The Labute approximate surface area is 153 Å². The number of urea groups is 1. The van der Waals surface area contributed by atoms with Gasteiger partial charge in [-0.2, -0.15) is 0 Å². The molecule has 0 spiro atoms. The molecule has 1 atom stereocenters. The third-order valence-corrected chi connectivity index (χ3v) is 5.59. The Bertz CT molecular complexity index is 780. The zero-order valence-electron chi connectivity index (χ0n) is 15.0. The number of piperidine rings is 1. The van der Waals surface area contributed by atoms with Crippen LogP contribution in [0.4, 0.5) is 20.6 Å². The maximum atomic E-state index is 13.9. The molecular weight excluding hydrogens is 359 g/mol. The SMILES string of the molecule is CC1CCCCN1C1CN(C(=O)Nc2cc(NS(C)(=O)=O)ccc2F)C1. The topological polar surface area (TPSA) is 81.8 Å². The number of sulfonamides is 1. The average Bonchev–Trinajstić information content (AvgIpc) is 2.49. The van der Waals surface area contributed by atoms with Gasteiger partial charge in [0, 0.05) is 25.2 Å². The Balaban J connectivity index is 1.58. The highest BCUT2D eigenvalue weighted by atomic mass is 32.2. The van der Waals surface area contributed by atoms with Crippen molar-refractivity contribution in [3.8, 4) is 0 Å². The van der Waals surface area contributed by atoms with E-state index in [9.17, 15) is 17.6 Å². The summed E-state index contributed by atoms with van der Waals surface area (Å²) in [7, 11) is -3.47. The number of rotatable bonds is 4. The van der Waals surface area contributed by atoms with Crippen molar-refractivity contribution in [2.75, 3.05) is 35.9 Å². The third-order valence-electron chi connectivity index (χ3n) is 4.98. The molecule has 2 aliphatic rings. The summed E-state index contributed by atoms with van der Waals surface area (Å²) < 4.78 is 38.8. The fourth-order valence-corrected chi connectivity index (χ4v) is 4.14. The molecule has 2 N–H and O–H groups in total. The molecular formula is C17H25FN4O3S. The molecule has 144 valence electrons. The maximum Gasteiger partial charge on any atom is 0.322 e. The van der Waals surface area contributed by atoms with Gasteiger partial charge < -0.3 is 10.2 Å².